The smallest absolute Gasteiger partial charge is 0.317 e. The molecule has 0 saturated heterocycles. The molecule has 2 aromatic rings. The first-order chi connectivity index (χ1) is 13.3. The second-order valence-corrected chi connectivity index (χ2v) is 7.14. The van der Waals surface area contributed by atoms with E-state index >= 15 is 0 Å². The number of aliphatic hydroxyl groups is 1. The fourth-order valence-electron chi connectivity index (χ4n) is 2.97. The van der Waals surface area contributed by atoms with E-state index in [0.29, 0.717) is 6.42 Å². The lowest BCUT2D eigenvalue weighted by atomic mass is 9.83. The van der Waals surface area contributed by atoms with E-state index in [-0.39, 0.29) is 12.5 Å². The molecular weight excluding hydrogens is 358 g/mol. The molecule has 2 rings (SSSR count). The van der Waals surface area contributed by atoms with Crippen LogP contribution < -0.4 is 5.73 Å². The van der Waals surface area contributed by atoms with Gasteiger partial charge in [-0.2, -0.15) is 0 Å². The Morgan fingerprint density at radius 1 is 1.04 bits per heavy atom. The fraction of sp³-hybridized carbons (Fsp3) is 0.364. The molecule has 0 aliphatic carbocycles. The van der Waals surface area contributed by atoms with E-state index in [1.165, 1.54) is 6.92 Å². The standard InChI is InChI=1S/C22H27NO5/c1-16(25)27-15-28-21(26)22(2,14-24)13-20(23)12-17-8-10-19(11-9-17)18-6-4-3-5-7-18/h3-11,20,24H,12-15,23H2,1-2H3. The predicted molar refractivity (Wildman–Crippen MR) is 106 cm³/mol. The van der Waals surface area contributed by atoms with E-state index in [1.807, 2.05) is 42.5 Å². The van der Waals surface area contributed by atoms with Crippen LogP contribution in [0, 0.1) is 5.41 Å². The van der Waals surface area contributed by atoms with Crippen molar-refractivity contribution in [2.24, 2.45) is 11.1 Å². The normalized spacial score (nSPS) is 14.0. The number of ether oxygens (including phenoxy) is 2. The molecule has 6 heteroatoms. The van der Waals surface area contributed by atoms with Gasteiger partial charge < -0.3 is 20.3 Å². The van der Waals surface area contributed by atoms with Gasteiger partial charge in [-0.25, -0.2) is 0 Å². The van der Waals surface area contributed by atoms with Crippen molar-refractivity contribution in [2.45, 2.75) is 32.7 Å². The van der Waals surface area contributed by atoms with Gasteiger partial charge in [-0.15, -0.1) is 0 Å². The topological polar surface area (TPSA) is 98.8 Å². The van der Waals surface area contributed by atoms with Crippen LogP contribution in [-0.4, -0.2) is 36.5 Å². The maximum Gasteiger partial charge on any atom is 0.317 e. The molecular formula is C22H27NO5. The Morgan fingerprint density at radius 2 is 1.64 bits per heavy atom. The van der Waals surface area contributed by atoms with Crippen molar-refractivity contribution < 1.29 is 24.2 Å². The Balaban J connectivity index is 1.94. The Labute approximate surface area is 165 Å². The van der Waals surface area contributed by atoms with Crippen molar-refractivity contribution in [3.05, 3.63) is 60.2 Å². The van der Waals surface area contributed by atoms with Crippen LogP contribution in [0.5, 0.6) is 0 Å². The Hall–Kier alpha value is -2.70. The summed E-state index contributed by atoms with van der Waals surface area (Å²) in [6.07, 6.45) is 0.796. The summed E-state index contributed by atoms with van der Waals surface area (Å²) < 4.78 is 9.53. The van der Waals surface area contributed by atoms with Crippen molar-refractivity contribution in [1.82, 2.24) is 0 Å². The largest absolute Gasteiger partial charge is 0.428 e. The molecule has 3 N–H and O–H groups in total. The minimum atomic E-state index is -1.16. The van der Waals surface area contributed by atoms with Crippen LogP contribution in [0.2, 0.25) is 0 Å². The Kier molecular flexibility index (Phi) is 7.72. The average molecular weight is 385 g/mol. The first kappa shape index (κ1) is 21.6. The molecule has 0 heterocycles. The van der Waals surface area contributed by atoms with Gasteiger partial charge in [0.1, 0.15) is 0 Å². The third-order valence-electron chi connectivity index (χ3n) is 4.57. The van der Waals surface area contributed by atoms with Gasteiger partial charge >= 0.3 is 11.9 Å². The molecule has 0 spiro atoms. The molecule has 0 amide bonds. The number of hydrogen-bond donors (Lipinski definition) is 2. The van der Waals surface area contributed by atoms with Crippen molar-refractivity contribution >= 4 is 11.9 Å². The van der Waals surface area contributed by atoms with Crippen LogP contribution >= 0.6 is 0 Å². The number of esters is 2. The van der Waals surface area contributed by atoms with Crippen molar-refractivity contribution in [2.75, 3.05) is 13.4 Å². The third kappa shape index (κ3) is 6.18. The van der Waals surface area contributed by atoms with Gasteiger partial charge in [0, 0.05) is 13.0 Å². The lowest BCUT2D eigenvalue weighted by Crippen LogP contribution is -2.40. The second kappa shape index (κ2) is 10.0. The zero-order chi connectivity index (χ0) is 20.6. The van der Waals surface area contributed by atoms with Gasteiger partial charge in [0.25, 0.3) is 0 Å². The SMILES string of the molecule is CC(=O)OCOC(=O)C(C)(CO)CC(N)Cc1ccc(-c2ccccc2)cc1. The second-order valence-electron chi connectivity index (χ2n) is 7.14. The molecule has 0 bridgehead atoms. The van der Waals surface area contributed by atoms with E-state index < -0.39 is 30.8 Å². The number of hydrogen-bond acceptors (Lipinski definition) is 6. The lowest BCUT2D eigenvalue weighted by Gasteiger charge is -2.28. The van der Waals surface area contributed by atoms with Crippen LogP contribution in [0.15, 0.2) is 54.6 Å². The van der Waals surface area contributed by atoms with Gasteiger partial charge in [-0.1, -0.05) is 54.6 Å². The van der Waals surface area contributed by atoms with Gasteiger partial charge in [-0.05, 0) is 36.5 Å². The highest BCUT2D eigenvalue weighted by molar-refractivity contribution is 5.76. The Morgan fingerprint density at radius 3 is 2.21 bits per heavy atom. The summed E-state index contributed by atoms with van der Waals surface area (Å²) >= 11 is 0. The maximum absolute atomic E-state index is 12.2. The number of carbonyl (C=O) groups excluding carboxylic acids is 2. The van der Waals surface area contributed by atoms with Gasteiger partial charge in [-0.3, -0.25) is 9.59 Å². The number of aliphatic hydroxyl groups excluding tert-OH is 1. The molecule has 0 fully saturated rings. The molecule has 0 aliphatic rings. The molecule has 28 heavy (non-hydrogen) atoms. The van der Waals surface area contributed by atoms with Gasteiger partial charge in [0.2, 0.25) is 6.79 Å². The minimum Gasteiger partial charge on any atom is -0.428 e. The lowest BCUT2D eigenvalue weighted by molar-refractivity contribution is -0.175. The highest BCUT2D eigenvalue weighted by Crippen LogP contribution is 2.26. The minimum absolute atomic E-state index is 0.239. The first-order valence-corrected chi connectivity index (χ1v) is 9.15. The number of rotatable bonds is 9. The van der Waals surface area contributed by atoms with E-state index in [0.717, 1.165) is 16.7 Å². The van der Waals surface area contributed by atoms with Crippen LogP contribution in [0.4, 0.5) is 0 Å². The number of benzene rings is 2. The predicted octanol–water partition coefficient (Wildman–Crippen LogP) is 2.68. The maximum atomic E-state index is 12.2. The third-order valence-corrected chi connectivity index (χ3v) is 4.57. The zero-order valence-electron chi connectivity index (χ0n) is 16.3. The van der Waals surface area contributed by atoms with E-state index in [4.69, 9.17) is 10.5 Å². The van der Waals surface area contributed by atoms with Crippen LogP contribution in [0.1, 0.15) is 25.8 Å². The Bertz CT molecular complexity index is 775. The first-order valence-electron chi connectivity index (χ1n) is 9.15. The summed E-state index contributed by atoms with van der Waals surface area (Å²) in [5, 5.41) is 9.68. The summed E-state index contributed by atoms with van der Waals surface area (Å²) in [5.41, 5.74) is 8.36. The highest BCUT2D eigenvalue weighted by Gasteiger charge is 2.36. The van der Waals surface area contributed by atoms with Crippen molar-refractivity contribution in [3.8, 4) is 11.1 Å². The molecule has 0 aliphatic heterocycles. The summed E-state index contributed by atoms with van der Waals surface area (Å²) in [6.45, 7) is 1.92. The summed E-state index contributed by atoms with van der Waals surface area (Å²) in [7, 11) is 0. The zero-order valence-corrected chi connectivity index (χ0v) is 16.3. The fourth-order valence-corrected chi connectivity index (χ4v) is 2.97. The van der Waals surface area contributed by atoms with Crippen LogP contribution in [-0.2, 0) is 25.5 Å². The molecule has 150 valence electrons. The highest BCUT2D eigenvalue weighted by atomic mass is 16.7. The van der Waals surface area contributed by atoms with E-state index in [1.54, 1.807) is 6.92 Å². The molecule has 2 atom stereocenters. The van der Waals surface area contributed by atoms with E-state index in [9.17, 15) is 14.7 Å². The van der Waals surface area contributed by atoms with Gasteiger partial charge in [0.15, 0.2) is 0 Å². The quantitative estimate of drug-likeness (QED) is 0.509. The molecule has 0 saturated carbocycles. The molecule has 2 aromatic carbocycles. The molecule has 2 unspecified atom stereocenters. The summed E-state index contributed by atoms with van der Waals surface area (Å²) in [6, 6.07) is 17.8. The van der Waals surface area contributed by atoms with Crippen molar-refractivity contribution in [3.63, 3.8) is 0 Å². The molecule has 6 nitrogen and oxygen atoms in total. The number of carbonyl (C=O) groups is 2. The van der Waals surface area contributed by atoms with E-state index in [2.05, 4.69) is 16.9 Å². The molecule has 0 aromatic heterocycles. The van der Waals surface area contributed by atoms with Gasteiger partial charge in [0.05, 0.1) is 12.0 Å². The summed E-state index contributed by atoms with van der Waals surface area (Å²) in [5.74, 6) is -1.19. The molecule has 0 radical (unpaired) electrons. The monoisotopic (exact) mass is 385 g/mol. The van der Waals surface area contributed by atoms with Crippen molar-refractivity contribution in [1.29, 1.82) is 0 Å². The number of nitrogens with two attached hydrogens (primary N) is 1. The van der Waals surface area contributed by atoms with Crippen LogP contribution in [0.25, 0.3) is 11.1 Å². The summed E-state index contributed by atoms with van der Waals surface area (Å²) in [4.78, 5) is 23.0. The average Bonchev–Trinajstić information content (AvgIpc) is 2.68. The van der Waals surface area contributed by atoms with Crippen LogP contribution in [0.3, 0.4) is 0 Å².